The molecule has 1 aliphatic rings. The molecular formula is C23H39BrN2O3S. The van der Waals surface area contributed by atoms with Gasteiger partial charge < -0.3 is 9.64 Å². The Balaban J connectivity index is 1.65. The van der Waals surface area contributed by atoms with E-state index in [0.717, 1.165) is 49.7 Å². The van der Waals surface area contributed by atoms with Gasteiger partial charge in [0.1, 0.15) is 0 Å². The van der Waals surface area contributed by atoms with E-state index in [2.05, 4.69) is 34.8 Å². The average Bonchev–Trinajstić information content (AvgIpc) is 2.74. The largest absolute Gasteiger partial charge is 0.378 e. The first-order valence-electron chi connectivity index (χ1n) is 11.4. The van der Waals surface area contributed by atoms with Crippen LogP contribution < -0.4 is 0 Å². The van der Waals surface area contributed by atoms with Crippen LogP contribution in [-0.4, -0.2) is 63.6 Å². The van der Waals surface area contributed by atoms with Gasteiger partial charge in [0, 0.05) is 24.2 Å². The third-order valence-electron chi connectivity index (χ3n) is 6.08. The molecule has 0 bridgehead atoms. The lowest BCUT2D eigenvalue weighted by Crippen LogP contribution is -2.40. The third-order valence-corrected chi connectivity index (χ3v) is 8.53. The number of nitrogens with zero attached hydrogens (tertiary/aromatic N) is 2. The van der Waals surface area contributed by atoms with E-state index in [1.54, 1.807) is 35.6 Å². The SMILES string of the molecule is CCCCCN(C)CCCCOC1CCC(N(C)S(=O)(=O)c2ccc(Br)cc2)CC1. The molecule has 0 atom stereocenters. The van der Waals surface area contributed by atoms with Crippen molar-refractivity contribution in [3.63, 3.8) is 0 Å². The van der Waals surface area contributed by atoms with Crippen LogP contribution in [0.15, 0.2) is 33.6 Å². The van der Waals surface area contributed by atoms with Crippen LogP contribution in [0.2, 0.25) is 0 Å². The number of rotatable bonds is 13. The summed E-state index contributed by atoms with van der Waals surface area (Å²) >= 11 is 3.36. The van der Waals surface area contributed by atoms with Crippen molar-refractivity contribution in [3.8, 4) is 0 Å². The Morgan fingerprint density at radius 2 is 1.57 bits per heavy atom. The van der Waals surface area contributed by atoms with E-state index in [0.29, 0.717) is 4.90 Å². The second-order valence-electron chi connectivity index (χ2n) is 8.49. The number of unbranched alkanes of at least 4 members (excludes halogenated alkanes) is 3. The van der Waals surface area contributed by atoms with E-state index < -0.39 is 10.0 Å². The molecular weight excluding hydrogens is 464 g/mol. The van der Waals surface area contributed by atoms with Gasteiger partial charge in [0.2, 0.25) is 10.0 Å². The monoisotopic (exact) mass is 502 g/mol. The summed E-state index contributed by atoms with van der Waals surface area (Å²) in [6.45, 7) is 5.38. The number of halogens is 1. The lowest BCUT2D eigenvalue weighted by molar-refractivity contribution is 0.0152. The van der Waals surface area contributed by atoms with Crippen LogP contribution >= 0.6 is 15.9 Å². The second kappa shape index (κ2) is 13.2. The van der Waals surface area contributed by atoms with Crippen LogP contribution in [-0.2, 0) is 14.8 Å². The lowest BCUT2D eigenvalue weighted by atomic mass is 9.93. The molecule has 172 valence electrons. The summed E-state index contributed by atoms with van der Waals surface area (Å²) in [5, 5.41) is 0. The molecule has 0 N–H and O–H groups in total. The zero-order valence-electron chi connectivity index (χ0n) is 18.9. The van der Waals surface area contributed by atoms with E-state index in [1.807, 2.05) is 0 Å². The maximum atomic E-state index is 12.9. The molecule has 7 heteroatoms. The van der Waals surface area contributed by atoms with Crippen LogP contribution in [0.25, 0.3) is 0 Å². The summed E-state index contributed by atoms with van der Waals surface area (Å²) in [6, 6.07) is 6.91. The molecule has 30 heavy (non-hydrogen) atoms. The van der Waals surface area contributed by atoms with E-state index in [4.69, 9.17) is 4.74 Å². The highest BCUT2D eigenvalue weighted by Gasteiger charge is 2.31. The molecule has 1 aliphatic carbocycles. The zero-order valence-corrected chi connectivity index (χ0v) is 21.3. The standard InChI is InChI=1S/C23H39BrN2O3S/c1-4-5-6-17-25(2)18-7-8-19-29-22-13-11-21(12-14-22)26(3)30(27,28)23-15-9-20(24)10-16-23/h9-10,15-16,21-22H,4-8,11-14,17-19H2,1-3H3. The van der Waals surface area contributed by atoms with E-state index in [-0.39, 0.29) is 12.1 Å². The van der Waals surface area contributed by atoms with Gasteiger partial charge in [-0.1, -0.05) is 35.7 Å². The normalized spacial score (nSPS) is 20.2. The minimum atomic E-state index is -3.45. The molecule has 0 heterocycles. The van der Waals surface area contributed by atoms with Crippen molar-refractivity contribution in [2.24, 2.45) is 0 Å². The minimum Gasteiger partial charge on any atom is -0.378 e. The van der Waals surface area contributed by atoms with Crippen molar-refractivity contribution >= 4 is 26.0 Å². The summed E-state index contributed by atoms with van der Waals surface area (Å²) in [6.07, 6.45) is 10.00. The van der Waals surface area contributed by atoms with Gasteiger partial charge in [0.05, 0.1) is 11.0 Å². The second-order valence-corrected chi connectivity index (χ2v) is 11.4. The topological polar surface area (TPSA) is 49.9 Å². The van der Waals surface area contributed by atoms with E-state index >= 15 is 0 Å². The fourth-order valence-corrected chi connectivity index (χ4v) is 5.70. The van der Waals surface area contributed by atoms with Gasteiger partial charge in [0.25, 0.3) is 0 Å². The van der Waals surface area contributed by atoms with Crippen LogP contribution in [0.4, 0.5) is 0 Å². The van der Waals surface area contributed by atoms with Crippen molar-refractivity contribution in [2.75, 3.05) is 33.8 Å². The molecule has 0 amide bonds. The number of ether oxygens (including phenoxy) is 1. The molecule has 1 aromatic rings. The first kappa shape index (κ1) is 25.8. The van der Waals surface area contributed by atoms with Crippen molar-refractivity contribution < 1.29 is 13.2 Å². The number of sulfonamides is 1. The summed E-state index contributed by atoms with van der Waals surface area (Å²) in [5.74, 6) is 0. The van der Waals surface area contributed by atoms with Crippen LogP contribution in [0.3, 0.4) is 0 Å². The van der Waals surface area contributed by atoms with Crippen molar-refractivity contribution in [1.82, 2.24) is 9.21 Å². The summed E-state index contributed by atoms with van der Waals surface area (Å²) < 4.78 is 34.3. The van der Waals surface area contributed by atoms with Gasteiger partial charge in [-0.05, 0) is 89.3 Å². The molecule has 0 spiro atoms. The maximum Gasteiger partial charge on any atom is 0.243 e. The van der Waals surface area contributed by atoms with Crippen LogP contribution in [0.1, 0.15) is 64.7 Å². The van der Waals surface area contributed by atoms with Crippen LogP contribution in [0.5, 0.6) is 0 Å². The molecule has 2 rings (SSSR count). The fourth-order valence-electron chi connectivity index (χ4n) is 4.02. The van der Waals surface area contributed by atoms with Gasteiger partial charge in [0.15, 0.2) is 0 Å². The number of benzene rings is 1. The lowest BCUT2D eigenvalue weighted by Gasteiger charge is -2.34. The van der Waals surface area contributed by atoms with Crippen molar-refractivity contribution in [2.45, 2.75) is 81.8 Å². The smallest absolute Gasteiger partial charge is 0.243 e. The van der Waals surface area contributed by atoms with Gasteiger partial charge >= 0.3 is 0 Å². The molecule has 0 saturated heterocycles. The molecule has 1 aromatic carbocycles. The highest BCUT2D eigenvalue weighted by Crippen LogP contribution is 2.28. The van der Waals surface area contributed by atoms with Gasteiger partial charge in [-0.25, -0.2) is 8.42 Å². The van der Waals surface area contributed by atoms with Gasteiger partial charge in [-0.3, -0.25) is 0 Å². The van der Waals surface area contributed by atoms with Gasteiger partial charge in [-0.2, -0.15) is 4.31 Å². The summed E-state index contributed by atoms with van der Waals surface area (Å²) in [4.78, 5) is 2.77. The molecule has 0 aliphatic heterocycles. The predicted molar refractivity (Wildman–Crippen MR) is 127 cm³/mol. The Hall–Kier alpha value is -0.470. The summed E-state index contributed by atoms with van der Waals surface area (Å²) in [5.41, 5.74) is 0. The Morgan fingerprint density at radius 1 is 0.967 bits per heavy atom. The third kappa shape index (κ3) is 8.23. The van der Waals surface area contributed by atoms with Crippen molar-refractivity contribution in [1.29, 1.82) is 0 Å². The highest BCUT2D eigenvalue weighted by atomic mass is 79.9. The minimum absolute atomic E-state index is 0.0512. The predicted octanol–water partition coefficient (Wildman–Crippen LogP) is 5.30. The Morgan fingerprint density at radius 3 is 2.17 bits per heavy atom. The quantitative estimate of drug-likeness (QED) is 0.343. The Bertz CT molecular complexity index is 704. The highest BCUT2D eigenvalue weighted by molar-refractivity contribution is 9.10. The first-order chi connectivity index (χ1) is 14.3. The van der Waals surface area contributed by atoms with E-state index in [9.17, 15) is 8.42 Å². The fraction of sp³-hybridized carbons (Fsp3) is 0.739. The molecule has 0 unspecified atom stereocenters. The Kier molecular flexibility index (Phi) is 11.3. The molecule has 0 radical (unpaired) electrons. The molecule has 0 aromatic heterocycles. The average molecular weight is 504 g/mol. The number of hydrogen-bond acceptors (Lipinski definition) is 4. The van der Waals surface area contributed by atoms with Gasteiger partial charge in [-0.15, -0.1) is 0 Å². The molecule has 1 saturated carbocycles. The molecule has 5 nitrogen and oxygen atoms in total. The first-order valence-corrected chi connectivity index (χ1v) is 13.6. The zero-order chi connectivity index (χ0) is 22.0. The number of hydrogen-bond donors (Lipinski definition) is 0. The van der Waals surface area contributed by atoms with Crippen LogP contribution in [0, 0.1) is 0 Å². The van der Waals surface area contributed by atoms with Crippen molar-refractivity contribution in [3.05, 3.63) is 28.7 Å². The van der Waals surface area contributed by atoms with E-state index in [1.165, 1.54) is 32.2 Å². The Labute approximate surface area is 192 Å². The molecule has 1 fully saturated rings. The maximum absolute atomic E-state index is 12.9. The summed E-state index contributed by atoms with van der Waals surface area (Å²) in [7, 11) is 0.467.